The van der Waals surface area contributed by atoms with Crippen molar-refractivity contribution in [1.82, 2.24) is 10.2 Å². The molecule has 0 fully saturated rings. The number of nitrogens with zero attached hydrogens (tertiary/aromatic N) is 2. The highest BCUT2D eigenvalue weighted by Crippen LogP contribution is 2.08. The maximum absolute atomic E-state index is 11.3. The van der Waals surface area contributed by atoms with E-state index in [0.29, 0.717) is 10.1 Å². The Balaban J connectivity index is 2.43. The normalized spacial score (nSPS) is 13.2. The molecule has 0 spiro atoms. The lowest BCUT2D eigenvalue weighted by atomic mass is 10.4. The lowest BCUT2D eigenvalue weighted by molar-refractivity contribution is 0.677. The first-order valence-electron chi connectivity index (χ1n) is 3.49. The highest BCUT2D eigenvalue weighted by atomic mass is 32.2. The minimum absolute atomic E-state index is 0.651. The maximum atomic E-state index is 11.3. The molecule has 1 aromatic rings. The second-order valence-electron chi connectivity index (χ2n) is 2.11. The largest absolute Gasteiger partial charge is 0.252 e. The fourth-order valence-corrected chi connectivity index (χ4v) is 2.58. The molecular weight excluding hydrogens is 180 g/mol. The summed E-state index contributed by atoms with van der Waals surface area (Å²) < 4.78 is 11.9. The van der Waals surface area contributed by atoms with Crippen LogP contribution in [0.2, 0.25) is 0 Å². The summed E-state index contributed by atoms with van der Waals surface area (Å²) in [5.74, 6) is 0.714. The Bertz CT molecular complexity index is 222. The van der Waals surface area contributed by atoms with Gasteiger partial charge in [-0.3, -0.25) is 4.21 Å². The number of unbranched alkanes of at least 4 members (excludes halogenated alkanes) is 1. The van der Waals surface area contributed by atoms with E-state index >= 15 is 0 Å². The molecule has 0 bridgehead atoms. The van der Waals surface area contributed by atoms with Crippen molar-refractivity contribution in [3.05, 3.63) is 5.51 Å². The number of hydrogen-bond donors (Lipinski definition) is 0. The highest BCUT2D eigenvalue weighted by molar-refractivity contribution is 7.87. The van der Waals surface area contributed by atoms with E-state index < -0.39 is 10.8 Å². The van der Waals surface area contributed by atoms with Crippen molar-refractivity contribution in [1.29, 1.82) is 0 Å². The van der Waals surface area contributed by atoms with E-state index in [9.17, 15) is 4.21 Å². The van der Waals surface area contributed by atoms with Crippen LogP contribution in [-0.2, 0) is 10.8 Å². The maximum Gasteiger partial charge on any atom is 0.204 e. The predicted octanol–water partition coefficient (Wildman–Crippen LogP) is 1.45. The highest BCUT2D eigenvalue weighted by Gasteiger charge is 2.05. The van der Waals surface area contributed by atoms with Gasteiger partial charge in [-0.15, -0.1) is 10.2 Å². The van der Waals surface area contributed by atoms with Crippen LogP contribution in [0.5, 0.6) is 0 Å². The van der Waals surface area contributed by atoms with Crippen molar-refractivity contribution in [3.8, 4) is 0 Å². The second-order valence-corrected chi connectivity index (χ2v) is 4.69. The Morgan fingerprint density at radius 1 is 1.73 bits per heavy atom. The smallest absolute Gasteiger partial charge is 0.204 e. The van der Waals surface area contributed by atoms with Gasteiger partial charge < -0.3 is 0 Å². The fraction of sp³-hybridized carbons (Fsp3) is 0.667. The summed E-state index contributed by atoms with van der Waals surface area (Å²) >= 11 is 1.36. The van der Waals surface area contributed by atoms with Gasteiger partial charge in [-0.25, -0.2) is 0 Å². The molecular formula is C6H10N2OS2. The average Bonchev–Trinajstić information content (AvgIpc) is 2.52. The first-order valence-corrected chi connectivity index (χ1v) is 5.69. The molecule has 5 heteroatoms. The molecule has 0 aliphatic carbocycles. The van der Waals surface area contributed by atoms with Crippen LogP contribution in [-0.4, -0.2) is 20.2 Å². The topological polar surface area (TPSA) is 42.9 Å². The summed E-state index contributed by atoms with van der Waals surface area (Å²) in [4.78, 5) is 0. The van der Waals surface area contributed by atoms with E-state index in [1.165, 1.54) is 11.3 Å². The summed E-state index contributed by atoms with van der Waals surface area (Å²) in [7, 11) is -0.907. The third-order valence-corrected chi connectivity index (χ3v) is 3.68. The van der Waals surface area contributed by atoms with Crippen molar-refractivity contribution < 1.29 is 4.21 Å². The van der Waals surface area contributed by atoms with Crippen LogP contribution in [0.3, 0.4) is 0 Å². The van der Waals surface area contributed by atoms with Gasteiger partial charge in [-0.2, -0.15) is 0 Å². The standard InChI is InChI=1S/C6H10N2OS2/c1-2-3-4-11(9)6-8-7-5-10-6/h5H,2-4H2,1H3. The van der Waals surface area contributed by atoms with Crippen LogP contribution in [0.1, 0.15) is 19.8 Å². The molecule has 0 aliphatic heterocycles. The van der Waals surface area contributed by atoms with E-state index in [1.807, 2.05) is 0 Å². The minimum Gasteiger partial charge on any atom is -0.252 e. The number of aromatic nitrogens is 2. The van der Waals surface area contributed by atoms with Crippen LogP contribution >= 0.6 is 11.3 Å². The second kappa shape index (κ2) is 4.56. The zero-order valence-corrected chi connectivity index (χ0v) is 7.95. The zero-order chi connectivity index (χ0) is 8.10. The van der Waals surface area contributed by atoms with Crippen molar-refractivity contribution in [2.24, 2.45) is 0 Å². The van der Waals surface area contributed by atoms with Gasteiger partial charge in [0.2, 0.25) is 4.34 Å². The first kappa shape index (κ1) is 8.80. The van der Waals surface area contributed by atoms with Gasteiger partial charge in [0.25, 0.3) is 0 Å². The van der Waals surface area contributed by atoms with Gasteiger partial charge >= 0.3 is 0 Å². The monoisotopic (exact) mass is 190 g/mol. The van der Waals surface area contributed by atoms with Crippen molar-refractivity contribution in [3.63, 3.8) is 0 Å². The third-order valence-electron chi connectivity index (χ3n) is 1.22. The molecule has 0 radical (unpaired) electrons. The summed E-state index contributed by atoms with van der Waals surface area (Å²) in [6, 6.07) is 0. The molecule has 62 valence electrons. The molecule has 3 nitrogen and oxygen atoms in total. The molecule has 1 heterocycles. The first-order chi connectivity index (χ1) is 5.34. The van der Waals surface area contributed by atoms with Gasteiger partial charge in [0, 0.05) is 5.75 Å². The Morgan fingerprint density at radius 3 is 3.09 bits per heavy atom. The Labute approximate surface area is 72.3 Å². The third kappa shape index (κ3) is 2.67. The van der Waals surface area contributed by atoms with E-state index in [1.54, 1.807) is 5.51 Å². The molecule has 1 aromatic heterocycles. The summed E-state index contributed by atoms with van der Waals surface area (Å²) in [5, 5.41) is 7.36. The van der Waals surface area contributed by atoms with Gasteiger partial charge in [-0.05, 0) is 6.42 Å². The van der Waals surface area contributed by atoms with Crippen LogP contribution in [0, 0.1) is 0 Å². The van der Waals surface area contributed by atoms with E-state index in [0.717, 1.165) is 12.8 Å². The SMILES string of the molecule is CCCCS(=O)c1nncs1. The van der Waals surface area contributed by atoms with E-state index in [-0.39, 0.29) is 0 Å². The molecule has 0 saturated carbocycles. The molecule has 1 rings (SSSR count). The van der Waals surface area contributed by atoms with E-state index in [2.05, 4.69) is 17.1 Å². The molecule has 11 heavy (non-hydrogen) atoms. The van der Waals surface area contributed by atoms with E-state index in [4.69, 9.17) is 0 Å². The minimum atomic E-state index is -0.907. The predicted molar refractivity (Wildman–Crippen MR) is 46.1 cm³/mol. The number of rotatable bonds is 4. The molecule has 1 unspecified atom stereocenters. The molecule has 0 aliphatic rings. The Hall–Kier alpha value is -0.290. The van der Waals surface area contributed by atoms with Crippen LogP contribution < -0.4 is 0 Å². The average molecular weight is 190 g/mol. The molecule has 0 aromatic carbocycles. The quantitative estimate of drug-likeness (QED) is 0.721. The van der Waals surface area contributed by atoms with Crippen LogP contribution in [0.25, 0.3) is 0 Å². The fourth-order valence-electron chi connectivity index (χ4n) is 0.625. The summed E-state index contributed by atoms with van der Waals surface area (Å²) in [6.45, 7) is 2.08. The zero-order valence-electron chi connectivity index (χ0n) is 6.32. The molecule has 0 amide bonds. The lowest BCUT2D eigenvalue weighted by Gasteiger charge is -1.92. The Kier molecular flexibility index (Phi) is 3.65. The van der Waals surface area contributed by atoms with Crippen LogP contribution in [0.4, 0.5) is 0 Å². The Morgan fingerprint density at radius 2 is 2.55 bits per heavy atom. The van der Waals surface area contributed by atoms with Crippen LogP contribution in [0.15, 0.2) is 9.85 Å². The molecule has 0 saturated heterocycles. The van der Waals surface area contributed by atoms with Gasteiger partial charge in [0.15, 0.2) is 0 Å². The van der Waals surface area contributed by atoms with Crippen molar-refractivity contribution >= 4 is 22.1 Å². The summed E-state index contributed by atoms with van der Waals surface area (Å²) in [5.41, 5.74) is 1.61. The van der Waals surface area contributed by atoms with Crippen molar-refractivity contribution in [2.75, 3.05) is 5.75 Å². The van der Waals surface area contributed by atoms with Gasteiger partial charge in [0.1, 0.15) is 5.51 Å². The molecule has 0 N–H and O–H groups in total. The number of hydrogen-bond acceptors (Lipinski definition) is 4. The van der Waals surface area contributed by atoms with Gasteiger partial charge in [-0.1, -0.05) is 24.7 Å². The molecule has 1 atom stereocenters. The summed E-state index contributed by atoms with van der Waals surface area (Å²) in [6.07, 6.45) is 2.07. The van der Waals surface area contributed by atoms with Crippen molar-refractivity contribution in [2.45, 2.75) is 24.1 Å². The van der Waals surface area contributed by atoms with Gasteiger partial charge in [0.05, 0.1) is 10.8 Å². The lowest BCUT2D eigenvalue weighted by Crippen LogP contribution is -1.96.